The Bertz CT molecular complexity index is 92.0. The maximum atomic E-state index is 9.92. The van der Waals surface area contributed by atoms with Gasteiger partial charge in [0.2, 0.25) is 0 Å². The van der Waals surface area contributed by atoms with Crippen LogP contribution in [-0.4, -0.2) is 18.7 Å². The van der Waals surface area contributed by atoms with Gasteiger partial charge in [-0.15, -0.1) is 0 Å². The first-order chi connectivity index (χ1) is 3.81. The van der Waals surface area contributed by atoms with E-state index in [-0.39, 0.29) is 0 Å². The summed E-state index contributed by atoms with van der Waals surface area (Å²) in [6.07, 6.45) is 1.08. The Kier molecular flexibility index (Phi) is 3.78. The second kappa shape index (κ2) is 4.26. The summed E-state index contributed by atoms with van der Waals surface area (Å²) in [4.78, 5) is 19.3. The fourth-order valence-corrected chi connectivity index (χ4v) is 0.174. The van der Waals surface area contributed by atoms with Gasteiger partial charge in [0.05, 0.1) is 0 Å². The van der Waals surface area contributed by atoms with Crippen molar-refractivity contribution in [2.24, 2.45) is 0 Å². The molecule has 0 saturated carbocycles. The molecular formula is C4H6N2O2. The minimum Gasteiger partial charge on any atom is -0.279 e. The van der Waals surface area contributed by atoms with Gasteiger partial charge in [-0.25, -0.2) is 5.43 Å². The predicted molar refractivity (Wildman–Crippen MR) is 26.5 cm³/mol. The second-order valence-electron chi connectivity index (χ2n) is 1.03. The average Bonchev–Trinajstić information content (AvgIpc) is 1.83. The van der Waals surface area contributed by atoms with Crippen molar-refractivity contribution in [2.45, 2.75) is 6.92 Å². The van der Waals surface area contributed by atoms with Crippen molar-refractivity contribution >= 4 is 12.2 Å². The third kappa shape index (κ3) is 3.30. The van der Waals surface area contributed by atoms with Crippen LogP contribution < -0.4 is 10.9 Å². The largest absolute Gasteiger partial charge is 0.333 e. The molecule has 4 heteroatoms. The number of carbonyl (C=O) groups excluding carboxylic acids is 2. The van der Waals surface area contributed by atoms with Crippen LogP contribution in [0.3, 0.4) is 0 Å². The summed E-state index contributed by atoms with van der Waals surface area (Å²) >= 11 is 0. The summed E-state index contributed by atoms with van der Waals surface area (Å²) in [5.41, 5.74) is 5.36. The highest BCUT2D eigenvalue weighted by Gasteiger charge is 1.96. The molecule has 0 saturated heterocycles. The highest BCUT2D eigenvalue weighted by atomic mass is 16.2. The second-order valence-corrected chi connectivity index (χ2v) is 1.03. The zero-order valence-electron chi connectivity index (χ0n) is 4.47. The lowest BCUT2D eigenvalue weighted by Gasteiger charge is -1.90. The number of rotatable bonds is 3. The van der Waals surface area contributed by atoms with E-state index in [4.69, 9.17) is 0 Å². The van der Waals surface area contributed by atoms with Crippen molar-refractivity contribution in [1.82, 2.24) is 10.9 Å². The summed E-state index contributed by atoms with van der Waals surface area (Å²) < 4.78 is 0. The fraction of sp³-hybridized carbons (Fsp3) is 0.500. The molecule has 0 heterocycles. The van der Waals surface area contributed by atoms with Gasteiger partial charge < -0.3 is 0 Å². The normalized spacial score (nSPS) is 8.12. The predicted octanol–water partition coefficient (Wildman–Crippen LogP) is -1.25. The molecule has 1 N–H and O–H groups in total. The number of nitrogens with one attached hydrogen (secondary N) is 1. The van der Waals surface area contributed by atoms with Gasteiger partial charge in [0.15, 0.2) is 0 Å². The first-order valence-electron chi connectivity index (χ1n) is 2.17. The monoisotopic (exact) mass is 114 g/mol. The first kappa shape index (κ1) is 7.10. The quantitative estimate of drug-likeness (QED) is 0.368. The molecule has 0 aliphatic heterocycles. The number of hydrogen-bond acceptors (Lipinski definition) is 3. The van der Waals surface area contributed by atoms with Crippen LogP contribution in [0.2, 0.25) is 0 Å². The van der Waals surface area contributed by atoms with Gasteiger partial charge in [-0.05, 0) is 0 Å². The molecule has 8 heavy (non-hydrogen) atoms. The Morgan fingerprint density at radius 2 is 2.50 bits per heavy atom. The van der Waals surface area contributed by atoms with Crippen LogP contribution in [0.1, 0.15) is 6.92 Å². The molecule has 4 nitrogen and oxygen atoms in total. The lowest BCUT2D eigenvalue weighted by Crippen LogP contribution is -2.30. The van der Waals surface area contributed by atoms with E-state index < -0.39 is 5.91 Å². The van der Waals surface area contributed by atoms with Crippen molar-refractivity contribution in [2.75, 3.05) is 6.54 Å². The summed E-state index contributed by atoms with van der Waals surface area (Å²) in [5, 5.41) is 0. The molecule has 0 aromatic heterocycles. The standard InChI is InChI=1S/C4H6N2O2/c1-2-5-6-4(8)3-7/h5H,2H2,1H3. The molecule has 0 aliphatic carbocycles. The van der Waals surface area contributed by atoms with E-state index in [1.165, 1.54) is 0 Å². The van der Waals surface area contributed by atoms with Gasteiger partial charge in [-0.3, -0.25) is 9.59 Å². The Morgan fingerprint density at radius 1 is 1.88 bits per heavy atom. The van der Waals surface area contributed by atoms with Crippen molar-refractivity contribution < 1.29 is 9.59 Å². The Morgan fingerprint density at radius 3 is 2.88 bits per heavy atom. The summed E-state index contributed by atoms with van der Waals surface area (Å²) in [6, 6.07) is 0. The highest BCUT2D eigenvalue weighted by Crippen LogP contribution is 1.53. The summed E-state index contributed by atoms with van der Waals surface area (Å²) in [6.45, 7) is 2.30. The molecule has 0 rings (SSSR count). The van der Waals surface area contributed by atoms with Crippen LogP contribution in [0.4, 0.5) is 0 Å². The van der Waals surface area contributed by atoms with E-state index >= 15 is 0 Å². The lowest BCUT2D eigenvalue weighted by atomic mass is 10.7. The van der Waals surface area contributed by atoms with Gasteiger partial charge in [0.1, 0.15) is 0 Å². The maximum Gasteiger partial charge on any atom is 0.333 e. The summed E-state index contributed by atoms with van der Waals surface area (Å²) in [5.74, 6) is -0.896. The van der Waals surface area contributed by atoms with Crippen LogP contribution in [0, 0.1) is 0 Å². The van der Waals surface area contributed by atoms with Crippen molar-refractivity contribution in [3.63, 3.8) is 0 Å². The molecular weight excluding hydrogens is 108 g/mol. The lowest BCUT2D eigenvalue weighted by molar-refractivity contribution is -0.116. The molecule has 0 atom stereocenters. The first-order valence-corrected chi connectivity index (χ1v) is 2.17. The zero-order chi connectivity index (χ0) is 6.41. The van der Waals surface area contributed by atoms with Crippen molar-refractivity contribution in [3.05, 3.63) is 0 Å². The highest BCUT2D eigenvalue weighted by molar-refractivity contribution is 6.23. The van der Waals surface area contributed by atoms with E-state index in [0.29, 0.717) is 6.54 Å². The molecule has 2 radical (unpaired) electrons. The minimum atomic E-state index is -0.896. The molecule has 0 bridgehead atoms. The molecule has 1 amide bonds. The molecule has 0 unspecified atom stereocenters. The van der Waals surface area contributed by atoms with E-state index in [1.54, 1.807) is 6.92 Å². The SMILES string of the molecule is CCN[N]C(=O)[C]=O. The smallest absolute Gasteiger partial charge is 0.279 e. The number of carbonyl (C=O) groups is 1. The fourth-order valence-electron chi connectivity index (χ4n) is 0.174. The molecule has 44 valence electrons. The van der Waals surface area contributed by atoms with Gasteiger partial charge in [-0.2, -0.15) is 5.43 Å². The van der Waals surface area contributed by atoms with E-state index in [0.717, 1.165) is 6.29 Å². The Balaban J connectivity index is 3.11. The molecule has 0 spiro atoms. The van der Waals surface area contributed by atoms with Crippen LogP contribution in [0.15, 0.2) is 0 Å². The topological polar surface area (TPSA) is 60.3 Å². The van der Waals surface area contributed by atoms with Gasteiger partial charge in [-0.1, -0.05) is 6.92 Å². The van der Waals surface area contributed by atoms with Crippen molar-refractivity contribution in [3.8, 4) is 0 Å². The third-order valence-corrected chi connectivity index (χ3v) is 0.426. The van der Waals surface area contributed by atoms with Crippen LogP contribution >= 0.6 is 0 Å². The maximum absolute atomic E-state index is 9.92. The van der Waals surface area contributed by atoms with Crippen LogP contribution in [0.5, 0.6) is 0 Å². The van der Waals surface area contributed by atoms with E-state index in [9.17, 15) is 9.59 Å². The number of hydrogen-bond donors (Lipinski definition) is 1. The Labute approximate surface area is 47.2 Å². The van der Waals surface area contributed by atoms with Crippen LogP contribution in [-0.2, 0) is 9.59 Å². The average molecular weight is 114 g/mol. The van der Waals surface area contributed by atoms with Gasteiger partial charge in [0, 0.05) is 6.54 Å². The van der Waals surface area contributed by atoms with Crippen LogP contribution in [0.25, 0.3) is 0 Å². The Hall–Kier alpha value is -0.900. The minimum absolute atomic E-state index is 0.535. The van der Waals surface area contributed by atoms with Gasteiger partial charge in [0.25, 0.3) is 6.29 Å². The van der Waals surface area contributed by atoms with E-state index in [2.05, 4.69) is 10.9 Å². The molecule has 0 fully saturated rings. The zero-order valence-corrected chi connectivity index (χ0v) is 4.47. The van der Waals surface area contributed by atoms with Crippen molar-refractivity contribution in [1.29, 1.82) is 0 Å². The molecule has 0 aliphatic rings. The molecule has 0 aromatic rings. The number of amides is 1. The number of nitrogens with zero attached hydrogens (tertiary/aromatic N) is 1. The third-order valence-electron chi connectivity index (χ3n) is 0.426. The van der Waals surface area contributed by atoms with E-state index in [1.807, 2.05) is 0 Å². The van der Waals surface area contributed by atoms with Gasteiger partial charge >= 0.3 is 5.91 Å². The molecule has 0 aromatic carbocycles. The summed E-state index contributed by atoms with van der Waals surface area (Å²) in [7, 11) is 0.